The molecule has 0 aliphatic heterocycles. The molecular weight excluding hydrogens is 141 g/mol. The summed E-state index contributed by atoms with van der Waals surface area (Å²) < 4.78 is 15.2. The monoisotopic (exact) mass is 153 g/mol. The molecule has 1 unspecified atom stereocenters. The fourth-order valence-electron chi connectivity index (χ4n) is 0.338. The first-order valence-electron chi connectivity index (χ1n) is 2.68. The van der Waals surface area contributed by atoms with Crippen LogP contribution in [0.2, 0.25) is 0 Å². The lowest BCUT2D eigenvalue weighted by atomic mass is 10.5. The van der Waals surface area contributed by atoms with Crippen molar-refractivity contribution >= 4 is 7.75 Å². The van der Waals surface area contributed by atoms with Crippen molar-refractivity contribution in [2.45, 2.75) is 20.0 Å². The Bertz CT molecular complexity index is 125. The molecule has 56 valence electrons. The molecule has 0 aliphatic carbocycles. The van der Waals surface area contributed by atoms with E-state index in [1.807, 2.05) is 0 Å². The van der Waals surface area contributed by atoms with Crippen LogP contribution in [-0.2, 0) is 9.09 Å². The van der Waals surface area contributed by atoms with Crippen LogP contribution < -0.4 is 5.09 Å². The molecule has 0 aliphatic rings. The molecule has 0 rings (SSSR count). The highest BCUT2D eigenvalue weighted by Gasteiger charge is 2.16. The summed E-state index contributed by atoms with van der Waals surface area (Å²) in [6, 6.07) is 0. The van der Waals surface area contributed by atoms with Crippen LogP contribution in [0.5, 0.6) is 0 Å². The van der Waals surface area contributed by atoms with Crippen LogP contribution in [-0.4, -0.2) is 18.0 Å². The molecule has 1 atom stereocenters. The Kier molecular flexibility index (Phi) is 3.36. The summed E-state index contributed by atoms with van der Waals surface area (Å²) in [7, 11) is -2.10. The van der Waals surface area contributed by atoms with E-state index in [9.17, 15) is 4.57 Å². The molecule has 0 aromatic heterocycles. The van der Waals surface area contributed by atoms with Crippen LogP contribution in [0.15, 0.2) is 0 Å². The molecule has 5 heteroatoms. The summed E-state index contributed by atoms with van der Waals surface area (Å²) >= 11 is 0. The molecule has 9 heavy (non-hydrogen) atoms. The lowest BCUT2D eigenvalue weighted by molar-refractivity contribution is 0.199. The second kappa shape index (κ2) is 3.32. The Morgan fingerprint density at radius 3 is 2.22 bits per heavy atom. The predicted molar refractivity (Wildman–Crippen MR) is 35.1 cm³/mol. The normalized spacial score (nSPS) is 17.9. The quantitative estimate of drug-likeness (QED) is 0.587. The summed E-state index contributed by atoms with van der Waals surface area (Å²) in [5, 5.41) is 2.16. The standard InChI is InChI=1S/C4H12NO3P/c1-4(2)8-9(6,7)5-3/h4H,1-3H3,(H2,5,6,7). The van der Waals surface area contributed by atoms with Gasteiger partial charge >= 0.3 is 7.75 Å². The molecule has 0 saturated carbocycles. The van der Waals surface area contributed by atoms with Crippen LogP contribution >= 0.6 is 7.75 Å². The Labute approximate surface area is 54.8 Å². The smallest absolute Gasteiger partial charge is 0.312 e. The van der Waals surface area contributed by atoms with Crippen LogP contribution in [0.25, 0.3) is 0 Å². The van der Waals surface area contributed by atoms with E-state index >= 15 is 0 Å². The van der Waals surface area contributed by atoms with Crippen molar-refractivity contribution in [2.24, 2.45) is 0 Å². The summed E-state index contributed by atoms with van der Waals surface area (Å²) in [5.41, 5.74) is 0. The largest absolute Gasteiger partial charge is 0.402 e. The third-order valence-corrected chi connectivity index (χ3v) is 1.91. The highest BCUT2D eigenvalue weighted by Crippen LogP contribution is 2.36. The third-order valence-electron chi connectivity index (χ3n) is 0.636. The molecule has 0 amide bonds. The van der Waals surface area contributed by atoms with Crippen molar-refractivity contribution in [3.8, 4) is 0 Å². The first kappa shape index (κ1) is 9.11. The predicted octanol–water partition coefficient (Wildman–Crippen LogP) is 0.731. The Morgan fingerprint density at radius 2 is 2.11 bits per heavy atom. The average Bonchev–Trinajstić information content (AvgIpc) is 1.63. The molecule has 0 aromatic rings. The van der Waals surface area contributed by atoms with Gasteiger partial charge < -0.3 is 4.89 Å². The maximum absolute atomic E-state index is 10.6. The Hall–Kier alpha value is 0.110. The van der Waals surface area contributed by atoms with E-state index in [2.05, 4.69) is 9.61 Å². The van der Waals surface area contributed by atoms with Crippen molar-refractivity contribution in [2.75, 3.05) is 7.05 Å². The highest BCUT2D eigenvalue weighted by atomic mass is 31.2. The van der Waals surface area contributed by atoms with Gasteiger partial charge in [0.15, 0.2) is 0 Å². The van der Waals surface area contributed by atoms with Gasteiger partial charge in [-0.15, -0.1) is 0 Å². The van der Waals surface area contributed by atoms with Crippen LogP contribution in [0.1, 0.15) is 13.8 Å². The summed E-state index contributed by atoms with van der Waals surface area (Å²) in [4.78, 5) is 8.72. The van der Waals surface area contributed by atoms with E-state index in [1.54, 1.807) is 13.8 Å². The molecule has 0 spiro atoms. The third kappa shape index (κ3) is 4.60. The Balaban J connectivity index is 3.73. The van der Waals surface area contributed by atoms with Gasteiger partial charge in [0.05, 0.1) is 6.10 Å². The minimum Gasteiger partial charge on any atom is -0.312 e. The van der Waals surface area contributed by atoms with Crippen LogP contribution in [0.3, 0.4) is 0 Å². The minimum absolute atomic E-state index is 0.228. The molecular formula is C4H12NO3P. The fourth-order valence-corrected chi connectivity index (χ4v) is 1.02. The van der Waals surface area contributed by atoms with Crippen LogP contribution in [0.4, 0.5) is 0 Å². The van der Waals surface area contributed by atoms with E-state index < -0.39 is 7.75 Å². The molecule has 0 radical (unpaired) electrons. The fraction of sp³-hybridized carbons (Fsp3) is 1.00. The van der Waals surface area contributed by atoms with Crippen molar-refractivity contribution < 1.29 is 14.0 Å². The lowest BCUT2D eigenvalue weighted by Gasteiger charge is -2.12. The number of nitrogens with one attached hydrogen (secondary N) is 1. The lowest BCUT2D eigenvalue weighted by Crippen LogP contribution is -2.09. The van der Waals surface area contributed by atoms with Crippen LogP contribution in [0, 0.1) is 0 Å². The zero-order chi connectivity index (χ0) is 7.49. The summed E-state index contributed by atoms with van der Waals surface area (Å²) in [5.74, 6) is 0. The summed E-state index contributed by atoms with van der Waals surface area (Å²) in [6.45, 7) is 3.39. The van der Waals surface area contributed by atoms with Gasteiger partial charge in [-0.1, -0.05) is 0 Å². The van der Waals surface area contributed by atoms with Gasteiger partial charge in [0.25, 0.3) is 0 Å². The maximum atomic E-state index is 10.6. The number of hydrogen-bond acceptors (Lipinski definition) is 2. The van der Waals surface area contributed by atoms with Gasteiger partial charge in [-0.2, -0.15) is 0 Å². The van der Waals surface area contributed by atoms with Gasteiger partial charge in [0, 0.05) is 0 Å². The molecule has 0 saturated heterocycles. The SMILES string of the molecule is CNP(=O)(O)OC(C)C. The molecule has 2 N–H and O–H groups in total. The molecule has 0 fully saturated rings. The average molecular weight is 153 g/mol. The van der Waals surface area contributed by atoms with E-state index in [1.165, 1.54) is 7.05 Å². The molecule has 0 bridgehead atoms. The van der Waals surface area contributed by atoms with Gasteiger partial charge in [-0.05, 0) is 20.9 Å². The highest BCUT2D eigenvalue weighted by molar-refractivity contribution is 7.50. The van der Waals surface area contributed by atoms with Gasteiger partial charge in [0.1, 0.15) is 0 Å². The summed E-state index contributed by atoms with van der Waals surface area (Å²) in [6.07, 6.45) is -0.228. The van der Waals surface area contributed by atoms with Gasteiger partial charge in [-0.25, -0.2) is 9.65 Å². The number of rotatable bonds is 3. The molecule has 4 nitrogen and oxygen atoms in total. The first-order valence-corrected chi connectivity index (χ1v) is 4.26. The second-order valence-corrected chi connectivity index (χ2v) is 3.60. The molecule has 0 aromatic carbocycles. The van der Waals surface area contributed by atoms with E-state index in [4.69, 9.17) is 4.89 Å². The van der Waals surface area contributed by atoms with Crippen molar-refractivity contribution in [3.63, 3.8) is 0 Å². The van der Waals surface area contributed by atoms with Crippen molar-refractivity contribution in [1.82, 2.24) is 5.09 Å². The molecule has 0 heterocycles. The zero-order valence-electron chi connectivity index (χ0n) is 5.79. The van der Waals surface area contributed by atoms with E-state index in [0.717, 1.165) is 0 Å². The van der Waals surface area contributed by atoms with Crippen molar-refractivity contribution in [1.29, 1.82) is 0 Å². The minimum atomic E-state index is -3.48. The van der Waals surface area contributed by atoms with Crippen molar-refractivity contribution in [3.05, 3.63) is 0 Å². The topological polar surface area (TPSA) is 58.6 Å². The second-order valence-electron chi connectivity index (χ2n) is 1.90. The first-order chi connectivity index (χ1) is 3.98. The Morgan fingerprint density at radius 1 is 1.67 bits per heavy atom. The number of hydrogen-bond donors (Lipinski definition) is 2. The van der Waals surface area contributed by atoms with E-state index in [0.29, 0.717) is 0 Å². The maximum Gasteiger partial charge on any atom is 0.402 e. The van der Waals surface area contributed by atoms with Gasteiger partial charge in [-0.3, -0.25) is 4.52 Å². The zero-order valence-corrected chi connectivity index (χ0v) is 6.68. The van der Waals surface area contributed by atoms with E-state index in [-0.39, 0.29) is 6.10 Å². The van der Waals surface area contributed by atoms with Gasteiger partial charge in [0.2, 0.25) is 0 Å².